The zero-order valence-electron chi connectivity index (χ0n) is 18.1. The fourth-order valence-electron chi connectivity index (χ4n) is 4.09. The summed E-state index contributed by atoms with van der Waals surface area (Å²) in [5, 5.41) is 5.72. The van der Waals surface area contributed by atoms with Crippen LogP contribution in [0.1, 0.15) is 49.5 Å². The molecule has 1 amide bonds. The average molecular weight is 474 g/mol. The summed E-state index contributed by atoms with van der Waals surface area (Å²) >= 11 is 2.90. The van der Waals surface area contributed by atoms with E-state index in [-0.39, 0.29) is 11.7 Å². The van der Waals surface area contributed by atoms with Crippen LogP contribution >= 0.6 is 22.7 Å². The van der Waals surface area contributed by atoms with Gasteiger partial charge in [-0.05, 0) is 84.7 Å². The number of rotatable bonds is 5. The second-order valence-corrected chi connectivity index (χ2v) is 10.4. The van der Waals surface area contributed by atoms with Gasteiger partial charge in [0.1, 0.15) is 9.71 Å². The molecular formula is C26H23N3O2S2. The fourth-order valence-corrected chi connectivity index (χ4v) is 5.70. The number of aryl methyl sites for hydroxylation is 1. The second kappa shape index (κ2) is 8.92. The summed E-state index contributed by atoms with van der Waals surface area (Å²) in [4.78, 5) is 32.4. The van der Waals surface area contributed by atoms with Crippen LogP contribution in [0.5, 0.6) is 0 Å². The average Bonchev–Trinajstić information content (AvgIpc) is 3.45. The first-order chi connectivity index (χ1) is 16.0. The summed E-state index contributed by atoms with van der Waals surface area (Å²) in [6.07, 6.45) is 6.48. The van der Waals surface area contributed by atoms with E-state index in [1.165, 1.54) is 16.9 Å². The lowest BCUT2D eigenvalue weighted by atomic mass is 9.87. The number of nitrogen functional groups attached to an aromatic ring is 1. The Balaban J connectivity index is 1.32. The quantitative estimate of drug-likeness (QED) is 0.266. The summed E-state index contributed by atoms with van der Waals surface area (Å²) in [5.41, 5.74) is 10.4. The van der Waals surface area contributed by atoms with E-state index in [2.05, 4.69) is 18.3 Å². The number of pyridine rings is 1. The molecular weight excluding hydrogens is 450 g/mol. The molecule has 0 aliphatic heterocycles. The molecule has 0 saturated carbocycles. The molecule has 1 aliphatic carbocycles. The SMILES string of the molecule is CC1CCc2nc3sc(C(=O)Nc4ccc(C(=O)/C=C/c5cccs5)cc4)c(N)c3cc2C1. The van der Waals surface area contributed by atoms with Gasteiger partial charge >= 0.3 is 0 Å². The van der Waals surface area contributed by atoms with Gasteiger partial charge in [-0.2, -0.15) is 0 Å². The van der Waals surface area contributed by atoms with E-state index in [0.717, 1.165) is 40.1 Å². The Labute approximate surface area is 200 Å². The first kappa shape index (κ1) is 21.6. The minimum atomic E-state index is -0.265. The van der Waals surface area contributed by atoms with E-state index < -0.39 is 0 Å². The van der Waals surface area contributed by atoms with Crippen molar-refractivity contribution in [1.29, 1.82) is 0 Å². The summed E-state index contributed by atoms with van der Waals surface area (Å²) < 4.78 is 0. The van der Waals surface area contributed by atoms with Crippen molar-refractivity contribution >= 4 is 62.0 Å². The maximum atomic E-state index is 12.9. The van der Waals surface area contributed by atoms with Gasteiger partial charge in [0, 0.05) is 27.2 Å². The van der Waals surface area contributed by atoms with Crippen LogP contribution in [-0.2, 0) is 12.8 Å². The second-order valence-electron chi connectivity index (χ2n) is 8.38. The highest BCUT2D eigenvalue weighted by Crippen LogP contribution is 2.36. The number of fused-ring (bicyclic) bond motifs is 2. The number of hydrogen-bond acceptors (Lipinski definition) is 6. The van der Waals surface area contributed by atoms with E-state index in [1.54, 1.807) is 47.8 Å². The maximum absolute atomic E-state index is 12.9. The van der Waals surface area contributed by atoms with Gasteiger partial charge in [-0.15, -0.1) is 22.7 Å². The van der Waals surface area contributed by atoms with Crippen LogP contribution in [0.25, 0.3) is 16.3 Å². The molecule has 1 unspecified atom stereocenters. The van der Waals surface area contributed by atoms with Crippen LogP contribution in [0.2, 0.25) is 0 Å². The normalized spacial score (nSPS) is 15.6. The van der Waals surface area contributed by atoms with Gasteiger partial charge in [0.2, 0.25) is 0 Å². The lowest BCUT2D eigenvalue weighted by molar-refractivity contribution is 0.102. The van der Waals surface area contributed by atoms with Crippen molar-refractivity contribution in [2.75, 3.05) is 11.1 Å². The Morgan fingerprint density at radius 2 is 2.03 bits per heavy atom. The minimum absolute atomic E-state index is 0.0839. The van der Waals surface area contributed by atoms with E-state index in [9.17, 15) is 9.59 Å². The van der Waals surface area contributed by atoms with E-state index in [0.29, 0.717) is 27.7 Å². The lowest BCUT2D eigenvalue weighted by Crippen LogP contribution is -2.13. The molecule has 5 nitrogen and oxygen atoms in total. The largest absolute Gasteiger partial charge is 0.397 e. The Morgan fingerprint density at radius 3 is 2.79 bits per heavy atom. The summed E-state index contributed by atoms with van der Waals surface area (Å²) in [7, 11) is 0. The number of carbonyl (C=O) groups excluding carboxylic acids is 2. The fraction of sp³-hybridized carbons (Fsp3) is 0.192. The third-order valence-electron chi connectivity index (χ3n) is 5.91. The third kappa shape index (κ3) is 4.47. The summed E-state index contributed by atoms with van der Waals surface area (Å²) in [6, 6.07) is 12.9. The molecule has 7 heteroatoms. The van der Waals surface area contributed by atoms with Gasteiger partial charge in [0.05, 0.1) is 5.69 Å². The highest BCUT2D eigenvalue weighted by atomic mass is 32.1. The minimum Gasteiger partial charge on any atom is -0.397 e. The first-order valence-electron chi connectivity index (χ1n) is 10.9. The first-order valence-corrected chi connectivity index (χ1v) is 12.6. The van der Waals surface area contributed by atoms with Gasteiger partial charge in [-0.1, -0.05) is 13.0 Å². The molecule has 3 N–H and O–H groups in total. The predicted molar refractivity (Wildman–Crippen MR) is 137 cm³/mol. The molecule has 33 heavy (non-hydrogen) atoms. The number of benzene rings is 1. The van der Waals surface area contributed by atoms with Gasteiger partial charge in [-0.3, -0.25) is 9.59 Å². The van der Waals surface area contributed by atoms with Crippen molar-refractivity contribution in [2.45, 2.75) is 26.2 Å². The number of nitrogens with two attached hydrogens (primary N) is 1. The Morgan fingerprint density at radius 1 is 1.21 bits per heavy atom. The summed E-state index contributed by atoms with van der Waals surface area (Å²) in [5.74, 6) is 0.290. The van der Waals surface area contributed by atoms with Crippen molar-refractivity contribution in [3.05, 3.63) is 80.5 Å². The number of ketones is 1. The van der Waals surface area contributed by atoms with Crippen molar-refractivity contribution in [1.82, 2.24) is 4.98 Å². The number of allylic oxidation sites excluding steroid dienone is 1. The van der Waals surface area contributed by atoms with Gasteiger partial charge in [-0.25, -0.2) is 4.98 Å². The molecule has 1 atom stereocenters. The molecule has 1 aromatic carbocycles. The molecule has 0 saturated heterocycles. The number of amides is 1. The number of aromatic nitrogens is 1. The molecule has 3 heterocycles. The highest BCUT2D eigenvalue weighted by Gasteiger charge is 2.22. The lowest BCUT2D eigenvalue weighted by Gasteiger charge is -2.20. The van der Waals surface area contributed by atoms with Gasteiger partial charge < -0.3 is 11.1 Å². The smallest absolute Gasteiger partial charge is 0.267 e. The number of hydrogen-bond donors (Lipinski definition) is 2. The summed E-state index contributed by atoms with van der Waals surface area (Å²) in [6.45, 7) is 2.25. The third-order valence-corrected chi connectivity index (χ3v) is 7.86. The van der Waals surface area contributed by atoms with Crippen LogP contribution in [0.4, 0.5) is 11.4 Å². The van der Waals surface area contributed by atoms with Crippen molar-refractivity contribution < 1.29 is 9.59 Å². The standard InChI is InChI=1S/C26H23N3O2S2/c1-15-4-10-21-17(13-15)14-20-23(27)24(33-26(20)29-21)25(31)28-18-7-5-16(6-8-18)22(30)11-9-19-3-2-12-32-19/h2-3,5-9,11-12,14-15H,4,10,13,27H2,1H3,(H,28,31)/b11-9+. The number of nitrogens with zero attached hydrogens (tertiary/aromatic N) is 1. The number of thiophene rings is 2. The molecule has 0 bridgehead atoms. The Kier molecular flexibility index (Phi) is 5.83. The van der Waals surface area contributed by atoms with Crippen molar-refractivity contribution in [3.63, 3.8) is 0 Å². The van der Waals surface area contributed by atoms with Crippen LogP contribution in [-0.4, -0.2) is 16.7 Å². The van der Waals surface area contributed by atoms with Crippen molar-refractivity contribution in [2.24, 2.45) is 5.92 Å². The Hall–Kier alpha value is -3.29. The molecule has 5 rings (SSSR count). The number of nitrogens with one attached hydrogen (secondary N) is 1. The molecule has 166 valence electrons. The topological polar surface area (TPSA) is 85.1 Å². The predicted octanol–water partition coefficient (Wildman–Crippen LogP) is 6.21. The van der Waals surface area contributed by atoms with Crippen LogP contribution < -0.4 is 11.1 Å². The zero-order valence-corrected chi connectivity index (χ0v) is 19.8. The van der Waals surface area contributed by atoms with Crippen LogP contribution in [0.15, 0.2) is 53.9 Å². The number of anilines is 2. The zero-order chi connectivity index (χ0) is 22.9. The highest BCUT2D eigenvalue weighted by molar-refractivity contribution is 7.21. The van der Waals surface area contributed by atoms with Crippen LogP contribution in [0.3, 0.4) is 0 Å². The van der Waals surface area contributed by atoms with Crippen LogP contribution in [0, 0.1) is 5.92 Å². The molecule has 4 aromatic rings. The van der Waals surface area contributed by atoms with Crippen molar-refractivity contribution in [3.8, 4) is 0 Å². The molecule has 0 spiro atoms. The van der Waals surface area contributed by atoms with Gasteiger partial charge in [0.25, 0.3) is 5.91 Å². The van der Waals surface area contributed by atoms with Gasteiger partial charge in [0.15, 0.2) is 5.78 Å². The van der Waals surface area contributed by atoms with E-state index in [4.69, 9.17) is 10.7 Å². The molecule has 0 radical (unpaired) electrons. The monoisotopic (exact) mass is 473 g/mol. The maximum Gasteiger partial charge on any atom is 0.267 e. The Bertz CT molecular complexity index is 1370. The number of carbonyl (C=O) groups is 2. The molecule has 3 aromatic heterocycles. The molecule has 1 aliphatic rings. The van der Waals surface area contributed by atoms with E-state index >= 15 is 0 Å². The molecule has 0 fully saturated rings. The van der Waals surface area contributed by atoms with E-state index in [1.807, 2.05) is 17.5 Å².